The van der Waals surface area contributed by atoms with Crippen LogP contribution in [-0.4, -0.2) is 15.0 Å². The van der Waals surface area contributed by atoms with Crippen LogP contribution in [0.1, 0.15) is 77.6 Å². The molecule has 0 aliphatic rings. The molecule has 144 valence electrons. The highest BCUT2D eigenvalue weighted by Gasteiger charge is 2.16. The van der Waals surface area contributed by atoms with E-state index in [1.54, 1.807) is 0 Å². The van der Waals surface area contributed by atoms with Crippen molar-refractivity contribution in [2.24, 2.45) is 0 Å². The van der Waals surface area contributed by atoms with E-state index in [0.717, 1.165) is 19.3 Å². The Morgan fingerprint density at radius 1 is 0.760 bits per heavy atom. The van der Waals surface area contributed by atoms with E-state index in [1.807, 2.05) is 0 Å². The highest BCUT2D eigenvalue weighted by atomic mass is 35.5. The van der Waals surface area contributed by atoms with E-state index in [4.69, 9.17) is 27.4 Å². The Balaban J connectivity index is 2.09. The summed E-state index contributed by atoms with van der Waals surface area (Å²) in [6.07, 6.45) is 13.3. The van der Waals surface area contributed by atoms with E-state index in [1.165, 1.54) is 69.6 Å². The quantitative estimate of drug-likeness (QED) is 0.245. The summed E-state index contributed by atoms with van der Waals surface area (Å²) in [5.74, 6) is 0. The number of rotatable bonds is 14. The molecule has 0 aliphatic carbocycles. The van der Waals surface area contributed by atoms with Crippen molar-refractivity contribution in [1.82, 2.24) is 0 Å². The molecule has 0 atom stereocenters. The van der Waals surface area contributed by atoms with Gasteiger partial charge in [-0.1, -0.05) is 94.3 Å². The first kappa shape index (κ1) is 22.8. The van der Waals surface area contributed by atoms with E-state index in [2.05, 4.69) is 6.92 Å². The van der Waals surface area contributed by atoms with Gasteiger partial charge in [0.1, 0.15) is 0 Å². The van der Waals surface area contributed by atoms with Crippen molar-refractivity contribution in [1.29, 1.82) is 0 Å². The first-order chi connectivity index (χ1) is 12.0. The maximum Gasteiger partial charge on any atom is 0.297 e. The van der Waals surface area contributed by atoms with Crippen molar-refractivity contribution in [3.05, 3.63) is 28.2 Å². The fraction of sp³-hybridized carbons (Fsp3) is 0.684. The van der Waals surface area contributed by atoms with Crippen LogP contribution in [0.5, 0.6) is 0 Å². The van der Waals surface area contributed by atoms with Crippen LogP contribution in [0, 0.1) is 0 Å². The van der Waals surface area contributed by atoms with Crippen molar-refractivity contribution >= 4 is 33.3 Å². The van der Waals surface area contributed by atoms with Gasteiger partial charge in [0.2, 0.25) is 0 Å². The molecule has 0 amide bonds. The molecule has 0 aliphatic heterocycles. The Morgan fingerprint density at radius 3 is 1.68 bits per heavy atom. The second-order valence-electron chi connectivity index (χ2n) is 6.42. The first-order valence-electron chi connectivity index (χ1n) is 9.31. The van der Waals surface area contributed by atoms with Crippen LogP contribution < -0.4 is 0 Å². The maximum atomic E-state index is 12.1. The zero-order valence-electron chi connectivity index (χ0n) is 15.1. The Kier molecular flexibility index (Phi) is 11.8. The topological polar surface area (TPSA) is 43.4 Å². The molecule has 0 saturated carbocycles. The lowest BCUT2D eigenvalue weighted by Crippen LogP contribution is -2.07. The predicted molar refractivity (Wildman–Crippen MR) is 106 cm³/mol. The summed E-state index contributed by atoms with van der Waals surface area (Å²) in [5, 5.41) is 0.564. The van der Waals surface area contributed by atoms with Crippen LogP contribution in [-0.2, 0) is 14.3 Å². The monoisotopic (exact) mass is 408 g/mol. The molecule has 1 aromatic carbocycles. The summed E-state index contributed by atoms with van der Waals surface area (Å²) in [6, 6.07) is 4.19. The second-order valence-corrected chi connectivity index (χ2v) is 8.91. The molecule has 0 fully saturated rings. The van der Waals surface area contributed by atoms with Crippen LogP contribution in [0.15, 0.2) is 23.1 Å². The van der Waals surface area contributed by atoms with Crippen LogP contribution in [0.4, 0.5) is 0 Å². The van der Waals surface area contributed by atoms with Crippen LogP contribution >= 0.6 is 23.2 Å². The van der Waals surface area contributed by atoms with Gasteiger partial charge in [0, 0.05) is 10.0 Å². The molecule has 25 heavy (non-hydrogen) atoms. The van der Waals surface area contributed by atoms with E-state index in [9.17, 15) is 8.42 Å². The molecule has 0 heterocycles. The summed E-state index contributed by atoms with van der Waals surface area (Å²) in [4.78, 5) is 0.00748. The fourth-order valence-electron chi connectivity index (χ4n) is 2.68. The molecular weight excluding hydrogens is 379 g/mol. The van der Waals surface area contributed by atoms with Crippen LogP contribution in [0.25, 0.3) is 0 Å². The summed E-state index contributed by atoms with van der Waals surface area (Å²) < 4.78 is 29.2. The Labute approximate surface area is 163 Å². The lowest BCUT2D eigenvalue weighted by molar-refractivity contribution is 0.306. The van der Waals surface area contributed by atoms with Gasteiger partial charge in [-0.05, 0) is 24.6 Å². The van der Waals surface area contributed by atoms with Crippen LogP contribution in [0.2, 0.25) is 10.0 Å². The molecule has 3 nitrogen and oxygen atoms in total. The predicted octanol–water partition coefficient (Wildman–Crippen LogP) is 7.01. The van der Waals surface area contributed by atoms with E-state index < -0.39 is 10.1 Å². The van der Waals surface area contributed by atoms with E-state index >= 15 is 0 Å². The largest absolute Gasteiger partial charge is 0.297 e. The zero-order valence-corrected chi connectivity index (χ0v) is 17.4. The summed E-state index contributed by atoms with van der Waals surface area (Å²) >= 11 is 11.7. The maximum absolute atomic E-state index is 12.1. The fourth-order valence-corrected chi connectivity index (χ4v) is 4.35. The average molecular weight is 409 g/mol. The summed E-state index contributed by atoms with van der Waals surface area (Å²) in [6.45, 7) is 2.43. The van der Waals surface area contributed by atoms with Gasteiger partial charge in [0.15, 0.2) is 0 Å². The number of unbranched alkanes of at least 4 members (excludes halogenated alkanes) is 10. The minimum atomic E-state index is -3.79. The average Bonchev–Trinajstić information content (AvgIpc) is 2.55. The Hall–Kier alpha value is -0.290. The molecule has 0 saturated heterocycles. The second kappa shape index (κ2) is 13.0. The van der Waals surface area contributed by atoms with Gasteiger partial charge >= 0.3 is 0 Å². The number of hydrogen-bond donors (Lipinski definition) is 0. The van der Waals surface area contributed by atoms with Gasteiger partial charge < -0.3 is 0 Å². The molecule has 0 unspecified atom stereocenters. The van der Waals surface area contributed by atoms with Crippen molar-refractivity contribution < 1.29 is 12.6 Å². The standard InChI is InChI=1S/C19H30Cl2O3S/c1-2-3-4-5-6-7-8-9-10-11-12-13-24-25(22,23)19-15-17(20)14-18(21)16-19/h14-16H,2-13H2,1H3. The molecule has 1 rings (SSSR count). The summed E-state index contributed by atoms with van der Waals surface area (Å²) in [5.41, 5.74) is 0. The molecular formula is C19H30Cl2O3S. The molecule has 0 N–H and O–H groups in total. The number of benzene rings is 1. The van der Waals surface area contributed by atoms with Gasteiger partial charge in [-0.25, -0.2) is 0 Å². The molecule has 0 bridgehead atoms. The molecule has 0 radical (unpaired) electrons. The van der Waals surface area contributed by atoms with Crippen molar-refractivity contribution in [2.45, 2.75) is 82.4 Å². The van der Waals surface area contributed by atoms with Crippen molar-refractivity contribution in [2.75, 3.05) is 6.61 Å². The SMILES string of the molecule is CCCCCCCCCCCCCOS(=O)(=O)c1cc(Cl)cc(Cl)c1. The van der Waals surface area contributed by atoms with Gasteiger partial charge in [0.05, 0.1) is 11.5 Å². The zero-order chi connectivity index (χ0) is 18.5. The van der Waals surface area contributed by atoms with Gasteiger partial charge in [-0.3, -0.25) is 4.18 Å². The van der Waals surface area contributed by atoms with Gasteiger partial charge in [-0.15, -0.1) is 0 Å². The minimum Gasteiger partial charge on any atom is -0.266 e. The summed E-state index contributed by atoms with van der Waals surface area (Å²) in [7, 11) is -3.79. The normalized spacial score (nSPS) is 11.8. The Morgan fingerprint density at radius 2 is 1.20 bits per heavy atom. The van der Waals surface area contributed by atoms with Gasteiger partial charge in [-0.2, -0.15) is 8.42 Å². The number of hydrogen-bond acceptors (Lipinski definition) is 3. The lowest BCUT2D eigenvalue weighted by Gasteiger charge is -2.07. The molecule has 0 spiro atoms. The van der Waals surface area contributed by atoms with Gasteiger partial charge in [0.25, 0.3) is 10.1 Å². The first-order valence-corrected chi connectivity index (χ1v) is 11.5. The Bertz CT molecular complexity index is 568. The highest BCUT2D eigenvalue weighted by Crippen LogP contribution is 2.23. The number of halogens is 2. The third-order valence-corrected chi connectivity index (χ3v) is 5.84. The van der Waals surface area contributed by atoms with Crippen molar-refractivity contribution in [3.63, 3.8) is 0 Å². The third-order valence-electron chi connectivity index (χ3n) is 4.11. The molecule has 0 aromatic heterocycles. The van der Waals surface area contributed by atoms with Crippen LogP contribution in [0.3, 0.4) is 0 Å². The molecule has 6 heteroatoms. The lowest BCUT2D eigenvalue weighted by atomic mass is 10.1. The smallest absolute Gasteiger partial charge is 0.266 e. The minimum absolute atomic E-state index is 0.00748. The van der Waals surface area contributed by atoms with E-state index in [-0.39, 0.29) is 21.5 Å². The highest BCUT2D eigenvalue weighted by molar-refractivity contribution is 7.86. The van der Waals surface area contributed by atoms with Crippen molar-refractivity contribution in [3.8, 4) is 0 Å². The molecule has 1 aromatic rings. The van der Waals surface area contributed by atoms with E-state index in [0.29, 0.717) is 0 Å². The third kappa shape index (κ3) is 10.4.